The van der Waals surface area contributed by atoms with Crippen molar-refractivity contribution < 1.29 is 14.7 Å². The molecule has 0 spiro atoms. The molecule has 1 amide bonds. The Bertz CT molecular complexity index is 1380. The van der Waals surface area contributed by atoms with E-state index >= 15 is 0 Å². The second-order valence-electron chi connectivity index (χ2n) is 7.43. The quantitative estimate of drug-likeness (QED) is 0.259. The lowest BCUT2D eigenvalue weighted by atomic mass is 9.95. The maximum atomic E-state index is 13.2. The van der Waals surface area contributed by atoms with Crippen LogP contribution in [0.4, 0.5) is 5.69 Å². The van der Waals surface area contributed by atoms with Gasteiger partial charge in [-0.25, -0.2) is 0 Å². The lowest BCUT2D eigenvalue weighted by Gasteiger charge is -2.24. The summed E-state index contributed by atoms with van der Waals surface area (Å²) in [7, 11) is 0. The SMILES string of the molecule is O=C1C(=O)N(c2ccc(Cl)cc2)C(c2ccccn2)/C1=C(/O)c1cccc2ccccc12. The van der Waals surface area contributed by atoms with Crippen LogP contribution in [0.15, 0.2) is 96.7 Å². The third-order valence-electron chi connectivity index (χ3n) is 5.56. The first kappa shape index (κ1) is 20.0. The molecule has 6 heteroatoms. The van der Waals surface area contributed by atoms with E-state index in [9.17, 15) is 14.7 Å². The van der Waals surface area contributed by atoms with Gasteiger partial charge in [-0.3, -0.25) is 19.5 Å². The number of rotatable bonds is 3. The molecule has 1 aliphatic heterocycles. The van der Waals surface area contributed by atoms with E-state index < -0.39 is 17.7 Å². The van der Waals surface area contributed by atoms with Crippen molar-refractivity contribution in [1.82, 2.24) is 4.98 Å². The van der Waals surface area contributed by atoms with Gasteiger partial charge in [-0.2, -0.15) is 0 Å². The number of aliphatic hydroxyl groups excluding tert-OH is 1. The van der Waals surface area contributed by atoms with Crippen LogP contribution < -0.4 is 4.90 Å². The number of hydrogen-bond acceptors (Lipinski definition) is 4. The summed E-state index contributed by atoms with van der Waals surface area (Å²) >= 11 is 6.02. The van der Waals surface area contributed by atoms with Crippen LogP contribution in [0.5, 0.6) is 0 Å². The predicted molar refractivity (Wildman–Crippen MR) is 124 cm³/mol. The standard InChI is InChI=1S/C26H17ClN2O3/c27-17-11-13-18(14-12-17)29-23(21-10-3-4-15-28-21)22(25(31)26(29)32)24(30)20-9-5-7-16-6-1-2-8-19(16)20/h1-15,23,30H/b24-22-. The van der Waals surface area contributed by atoms with E-state index in [-0.39, 0.29) is 11.3 Å². The minimum atomic E-state index is -0.878. The molecule has 5 rings (SSSR count). The fourth-order valence-electron chi connectivity index (χ4n) is 4.10. The first-order valence-corrected chi connectivity index (χ1v) is 10.4. The molecule has 1 atom stereocenters. The zero-order valence-electron chi connectivity index (χ0n) is 16.8. The van der Waals surface area contributed by atoms with Gasteiger partial charge in [-0.05, 0) is 47.2 Å². The Morgan fingerprint density at radius 2 is 1.59 bits per heavy atom. The van der Waals surface area contributed by atoms with Gasteiger partial charge in [0, 0.05) is 22.5 Å². The largest absolute Gasteiger partial charge is 0.507 e. The summed E-state index contributed by atoms with van der Waals surface area (Å²) in [5.41, 5.74) is 1.45. The van der Waals surface area contributed by atoms with Crippen LogP contribution in [0.1, 0.15) is 17.3 Å². The van der Waals surface area contributed by atoms with Gasteiger partial charge in [0.25, 0.3) is 11.7 Å². The van der Waals surface area contributed by atoms with Crippen molar-refractivity contribution in [2.24, 2.45) is 0 Å². The number of aromatic nitrogens is 1. The van der Waals surface area contributed by atoms with Crippen LogP contribution in [0, 0.1) is 0 Å². The summed E-state index contributed by atoms with van der Waals surface area (Å²) in [5.74, 6) is -1.72. The Kier molecular flexibility index (Phi) is 4.96. The molecule has 156 valence electrons. The van der Waals surface area contributed by atoms with Crippen molar-refractivity contribution in [3.8, 4) is 0 Å². The smallest absolute Gasteiger partial charge is 0.300 e. The summed E-state index contributed by atoms with van der Waals surface area (Å²) in [4.78, 5) is 32.1. The number of halogens is 1. The fourth-order valence-corrected chi connectivity index (χ4v) is 4.22. The first-order chi connectivity index (χ1) is 15.6. The van der Waals surface area contributed by atoms with Gasteiger partial charge in [-0.1, -0.05) is 60.1 Å². The number of amides is 1. The summed E-state index contributed by atoms with van der Waals surface area (Å²) < 4.78 is 0. The summed E-state index contributed by atoms with van der Waals surface area (Å²) in [5, 5.41) is 13.6. The molecule has 0 bridgehead atoms. The molecular weight excluding hydrogens is 424 g/mol. The zero-order chi connectivity index (χ0) is 22.2. The van der Waals surface area contributed by atoms with Gasteiger partial charge in [0.05, 0.1) is 11.3 Å². The van der Waals surface area contributed by atoms with Crippen molar-refractivity contribution in [2.75, 3.05) is 4.90 Å². The fraction of sp³-hybridized carbons (Fsp3) is 0.0385. The molecule has 1 aromatic heterocycles. The van der Waals surface area contributed by atoms with Gasteiger partial charge in [-0.15, -0.1) is 0 Å². The monoisotopic (exact) mass is 440 g/mol. The molecule has 5 nitrogen and oxygen atoms in total. The highest BCUT2D eigenvalue weighted by molar-refractivity contribution is 6.51. The van der Waals surface area contributed by atoms with Crippen LogP contribution in [0.25, 0.3) is 16.5 Å². The minimum absolute atomic E-state index is 0.00000283. The zero-order valence-corrected chi connectivity index (χ0v) is 17.5. The molecule has 4 aromatic rings. The molecule has 0 aliphatic carbocycles. The lowest BCUT2D eigenvalue weighted by molar-refractivity contribution is -0.132. The Hall–Kier alpha value is -3.96. The lowest BCUT2D eigenvalue weighted by Crippen LogP contribution is -2.29. The molecule has 1 fully saturated rings. The first-order valence-electron chi connectivity index (χ1n) is 10.0. The topological polar surface area (TPSA) is 70.5 Å². The van der Waals surface area contributed by atoms with Gasteiger partial charge < -0.3 is 5.11 Å². The number of nitrogens with zero attached hydrogens (tertiary/aromatic N) is 2. The Morgan fingerprint density at radius 3 is 2.34 bits per heavy atom. The molecule has 1 unspecified atom stereocenters. The number of hydrogen-bond donors (Lipinski definition) is 1. The molecule has 1 aliphatic rings. The van der Waals surface area contributed by atoms with Gasteiger partial charge in [0.15, 0.2) is 0 Å². The molecule has 0 radical (unpaired) electrons. The number of Topliss-reactive ketones (excluding diaryl/α,β-unsaturated/α-hetero) is 1. The molecule has 1 saturated heterocycles. The maximum Gasteiger partial charge on any atom is 0.300 e. The number of benzene rings is 3. The minimum Gasteiger partial charge on any atom is -0.507 e. The highest BCUT2D eigenvalue weighted by Crippen LogP contribution is 2.42. The molecule has 0 saturated carbocycles. The molecule has 2 heterocycles. The van der Waals surface area contributed by atoms with E-state index in [1.54, 1.807) is 54.7 Å². The summed E-state index contributed by atoms with van der Waals surface area (Å²) in [6.45, 7) is 0. The van der Waals surface area contributed by atoms with Gasteiger partial charge >= 0.3 is 0 Å². The normalized spacial score (nSPS) is 17.8. The second kappa shape index (κ2) is 7.94. The van der Waals surface area contributed by atoms with Gasteiger partial charge in [0.2, 0.25) is 0 Å². The Labute approximate surface area is 189 Å². The van der Waals surface area contributed by atoms with Crippen LogP contribution in [-0.2, 0) is 9.59 Å². The molecule has 1 N–H and O–H groups in total. The highest BCUT2D eigenvalue weighted by Gasteiger charge is 2.47. The van der Waals surface area contributed by atoms with E-state index in [1.807, 2.05) is 36.4 Å². The van der Waals surface area contributed by atoms with Crippen LogP contribution >= 0.6 is 11.6 Å². The average Bonchev–Trinajstić information content (AvgIpc) is 3.10. The van der Waals surface area contributed by atoms with Crippen LogP contribution in [0.2, 0.25) is 5.02 Å². The molecule has 32 heavy (non-hydrogen) atoms. The molecular formula is C26H17ClN2O3. The number of ketones is 1. The number of fused-ring (bicyclic) bond motifs is 1. The van der Waals surface area contributed by atoms with E-state index in [1.165, 1.54) is 4.90 Å². The third-order valence-corrected chi connectivity index (χ3v) is 5.81. The van der Waals surface area contributed by atoms with E-state index in [2.05, 4.69) is 4.98 Å². The number of carbonyl (C=O) groups excluding carboxylic acids is 2. The van der Waals surface area contributed by atoms with E-state index in [4.69, 9.17) is 11.6 Å². The Morgan fingerprint density at radius 1 is 0.875 bits per heavy atom. The third kappa shape index (κ3) is 3.24. The molecule has 3 aromatic carbocycles. The number of pyridine rings is 1. The van der Waals surface area contributed by atoms with Crippen LogP contribution in [0.3, 0.4) is 0 Å². The van der Waals surface area contributed by atoms with Gasteiger partial charge in [0.1, 0.15) is 11.8 Å². The van der Waals surface area contributed by atoms with Crippen molar-refractivity contribution in [3.63, 3.8) is 0 Å². The average molecular weight is 441 g/mol. The maximum absolute atomic E-state index is 13.2. The Balaban J connectivity index is 1.77. The summed E-state index contributed by atoms with van der Waals surface area (Å²) in [6.07, 6.45) is 1.59. The number of carbonyl (C=O) groups is 2. The van der Waals surface area contributed by atoms with E-state index in [0.717, 1.165) is 10.8 Å². The van der Waals surface area contributed by atoms with Crippen molar-refractivity contribution in [3.05, 3.63) is 113 Å². The van der Waals surface area contributed by atoms with Crippen molar-refractivity contribution in [1.29, 1.82) is 0 Å². The number of aliphatic hydroxyl groups is 1. The van der Waals surface area contributed by atoms with Crippen LogP contribution in [-0.4, -0.2) is 21.8 Å². The second-order valence-corrected chi connectivity index (χ2v) is 7.86. The predicted octanol–water partition coefficient (Wildman–Crippen LogP) is 5.51. The highest BCUT2D eigenvalue weighted by atomic mass is 35.5. The summed E-state index contributed by atoms with van der Waals surface area (Å²) in [6, 6.07) is 24.1. The number of anilines is 1. The van der Waals surface area contributed by atoms with E-state index in [0.29, 0.717) is 22.0 Å². The van der Waals surface area contributed by atoms with Crippen molar-refractivity contribution in [2.45, 2.75) is 6.04 Å². The van der Waals surface area contributed by atoms with Crippen molar-refractivity contribution >= 4 is 45.5 Å².